The van der Waals surface area contributed by atoms with Crippen molar-refractivity contribution in [3.63, 3.8) is 0 Å². The number of nitrogens with two attached hydrogens (primary N) is 1. The van der Waals surface area contributed by atoms with Crippen LogP contribution in [0.2, 0.25) is 0 Å². The lowest BCUT2D eigenvalue weighted by Gasteiger charge is -2.36. The number of nitrogens with zero attached hydrogens (tertiary/aromatic N) is 1. The van der Waals surface area contributed by atoms with Gasteiger partial charge in [-0.15, -0.1) is 0 Å². The molecule has 5 heteroatoms. The number of amides is 1. The summed E-state index contributed by atoms with van der Waals surface area (Å²) in [5.74, 6) is -0.363. The van der Waals surface area contributed by atoms with Gasteiger partial charge in [-0.25, -0.2) is 4.39 Å². The van der Waals surface area contributed by atoms with E-state index in [1.165, 1.54) is 18.2 Å². The molecule has 1 amide bonds. The first-order chi connectivity index (χ1) is 8.13. The van der Waals surface area contributed by atoms with E-state index in [1.54, 1.807) is 0 Å². The molecular formula is C12H16FN3O. The van der Waals surface area contributed by atoms with Gasteiger partial charge in [-0.05, 0) is 24.6 Å². The number of halogens is 1. The zero-order chi connectivity index (χ0) is 12.4. The molecule has 0 spiro atoms. The SMILES string of the molecule is CCC1C(=O)NCCN1c1cc(F)ccc1N. The van der Waals surface area contributed by atoms with E-state index in [4.69, 9.17) is 5.73 Å². The molecule has 1 heterocycles. The van der Waals surface area contributed by atoms with Gasteiger partial charge < -0.3 is 16.0 Å². The Labute approximate surface area is 99.6 Å². The fourth-order valence-electron chi connectivity index (χ4n) is 2.17. The number of nitrogen functional groups attached to an aromatic ring is 1. The summed E-state index contributed by atoms with van der Waals surface area (Å²) in [6, 6.07) is 3.97. The van der Waals surface area contributed by atoms with Gasteiger partial charge in [-0.1, -0.05) is 6.92 Å². The Morgan fingerprint density at radius 2 is 2.35 bits per heavy atom. The molecular weight excluding hydrogens is 221 g/mol. The quantitative estimate of drug-likeness (QED) is 0.758. The third-order valence-electron chi connectivity index (χ3n) is 3.02. The molecule has 92 valence electrons. The first kappa shape index (κ1) is 11.7. The molecule has 0 saturated carbocycles. The highest BCUT2D eigenvalue weighted by Crippen LogP contribution is 2.27. The fraction of sp³-hybridized carbons (Fsp3) is 0.417. The van der Waals surface area contributed by atoms with E-state index < -0.39 is 0 Å². The Balaban J connectivity index is 2.36. The highest BCUT2D eigenvalue weighted by molar-refractivity contribution is 5.88. The van der Waals surface area contributed by atoms with Gasteiger partial charge in [-0.3, -0.25) is 4.79 Å². The maximum absolute atomic E-state index is 13.2. The predicted octanol–water partition coefficient (Wildman–Crippen LogP) is 1.12. The van der Waals surface area contributed by atoms with Crippen LogP contribution in [0.25, 0.3) is 0 Å². The second kappa shape index (κ2) is 4.61. The van der Waals surface area contributed by atoms with Gasteiger partial charge in [0.25, 0.3) is 0 Å². The van der Waals surface area contributed by atoms with E-state index >= 15 is 0 Å². The molecule has 0 aliphatic carbocycles. The number of hydrogen-bond acceptors (Lipinski definition) is 3. The van der Waals surface area contributed by atoms with Crippen LogP contribution in [0.1, 0.15) is 13.3 Å². The molecule has 1 aliphatic rings. The topological polar surface area (TPSA) is 58.4 Å². The predicted molar refractivity (Wildman–Crippen MR) is 65.2 cm³/mol. The minimum atomic E-state index is -0.338. The Kier molecular flexibility index (Phi) is 3.17. The average Bonchev–Trinajstić information content (AvgIpc) is 2.32. The largest absolute Gasteiger partial charge is 0.397 e. The summed E-state index contributed by atoms with van der Waals surface area (Å²) in [5, 5.41) is 2.80. The molecule has 1 atom stereocenters. The molecule has 3 N–H and O–H groups in total. The molecule has 1 unspecified atom stereocenters. The van der Waals surface area contributed by atoms with Crippen LogP contribution in [0.15, 0.2) is 18.2 Å². The van der Waals surface area contributed by atoms with Crippen molar-refractivity contribution in [2.75, 3.05) is 23.7 Å². The lowest BCUT2D eigenvalue weighted by atomic mass is 10.1. The van der Waals surface area contributed by atoms with Gasteiger partial charge in [0, 0.05) is 13.1 Å². The summed E-state index contributed by atoms with van der Waals surface area (Å²) in [6.45, 7) is 3.14. The summed E-state index contributed by atoms with van der Waals surface area (Å²) >= 11 is 0. The van der Waals surface area contributed by atoms with Gasteiger partial charge in [0.2, 0.25) is 5.91 Å². The Hall–Kier alpha value is -1.78. The van der Waals surface area contributed by atoms with E-state index in [1.807, 2.05) is 11.8 Å². The number of rotatable bonds is 2. The number of piperazine rings is 1. The summed E-state index contributed by atoms with van der Waals surface area (Å²) in [5.41, 5.74) is 6.95. The summed E-state index contributed by atoms with van der Waals surface area (Å²) in [7, 11) is 0. The molecule has 1 fully saturated rings. The highest BCUT2D eigenvalue weighted by atomic mass is 19.1. The van der Waals surface area contributed by atoms with Crippen LogP contribution in [0.3, 0.4) is 0 Å². The smallest absolute Gasteiger partial charge is 0.242 e. The van der Waals surface area contributed by atoms with Crippen molar-refractivity contribution in [1.29, 1.82) is 0 Å². The molecule has 0 aromatic heterocycles. The van der Waals surface area contributed by atoms with Crippen LogP contribution in [0, 0.1) is 5.82 Å². The maximum Gasteiger partial charge on any atom is 0.242 e. The maximum atomic E-state index is 13.2. The second-order valence-electron chi connectivity index (χ2n) is 4.11. The van der Waals surface area contributed by atoms with E-state index in [2.05, 4.69) is 5.32 Å². The molecule has 4 nitrogen and oxygen atoms in total. The summed E-state index contributed by atoms with van der Waals surface area (Å²) in [4.78, 5) is 13.6. The molecule has 0 radical (unpaired) electrons. The molecule has 1 saturated heterocycles. The van der Waals surface area contributed by atoms with Crippen molar-refractivity contribution in [3.8, 4) is 0 Å². The van der Waals surface area contributed by atoms with E-state index in [-0.39, 0.29) is 17.8 Å². The molecule has 1 aromatic carbocycles. The van der Waals surface area contributed by atoms with Gasteiger partial charge in [0.05, 0.1) is 11.4 Å². The number of carbonyl (C=O) groups excluding carboxylic acids is 1. The monoisotopic (exact) mass is 237 g/mol. The first-order valence-corrected chi connectivity index (χ1v) is 5.73. The van der Waals surface area contributed by atoms with Crippen molar-refractivity contribution in [2.24, 2.45) is 0 Å². The van der Waals surface area contributed by atoms with Crippen molar-refractivity contribution in [1.82, 2.24) is 5.32 Å². The minimum Gasteiger partial charge on any atom is -0.397 e. The van der Waals surface area contributed by atoms with E-state index in [0.29, 0.717) is 30.9 Å². The molecule has 1 aliphatic heterocycles. The number of nitrogens with one attached hydrogen (secondary N) is 1. The third-order valence-corrected chi connectivity index (χ3v) is 3.02. The van der Waals surface area contributed by atoms with Crippen molar-refractivity contribution in [2.45, 2.75) is 19.4 Å². The van der Waals surface area contributed by atoms with Crippen molar-refractivity contribution in [3.05, 3.63) is 24.0 Å². The van der Waals surface area contributed by atoms with Crippen molar-refractivity contribution < 1.29 is 9.18 Å². The standard InChI is InChI=1S/C12H16FN3O/c1-2-10-12(17)15-5-6-16(10)11-7-8(13)3-4-9(11)14/h3-4,7,10H,2,5-6,14H2,1H3,(H,15,17). The molecule has 2 rings (SSSR count). The molecule has 1 aromatic rings. The van der Waals surface area contributed by atoms with Crippen LogP contribution in [0.4, 0.5) is 15.8 Å². The highest BCUT2D eigenvalue weighted by Gasteiger charge is 2.29. The number of benzene rings is 1. The Bertz CT molecular complexity index is 436. The van der Waals surface area contributed by atoms with Crippen LogP contribution in [-0.4, -0.2) is 25.0 Å². The average molecular weight is 237 g/mol. The minimum absolute atomic E-state index is 0.0255. The van der Waals surface area contributed by atoms with Gasteiger partial charge in [0.15, 0.2) is 0 Å². The lowest BCUT2D eigenvalue weighted by molar-refractivity contribution is -0.123. The Morgan fingerprint density at radius 1 is 1.59 bits per heavy atom. The van der Waals surface area contributed by atoms with E-state index in [9.17, 15) is 9.18 Å². The summed E-state index contributed by atoms with van der Waals surface area (Å²) < 4.78 is 13.2. The van der Waals surface area contributed by atoms with Crippen LogP contribution >= 0.6 is 0 Å². The fourth-order valence-corrected chi connectivity index (χ4v) is 2.17. The number of hydrogen-bond donors (Lipinski definition) is 2. The molecule has 17 heavy (non-hydrogen) atoms. The van der Waals surface area contributed by atoms with Crippen LogP contribution in [0.5, 0.6) is 0 Å². The zero-order valence-electron chi connectivity index (χ0n) is 9.74. The normalized spacial score (nSPS) is 20.2. The Morgan fingerprint density at radius 3 is 3.06 bits per heavy atom. The van der Waals surface area contributed by atoms with E-state index in [0.717, 1.165) is 0 Å². The van der Waals surface area contributed by atoms with Gasteiger partial charge in [-0.2, -0.15) is 0 Å². The second-order valence-corrected chi connectivity index (χ2v) is 4.11. The first-order valence-electron chi connectivity index (χ1n) is 5.73. The number of anilines is 2. The lowest BCUT2D eigenvalue weighted by Crippen LogP contribution is -2.55. The van der Waals surface area contributed by atoms with Crippen molar-refractivity contribution >= 4 is 17.3 Å². The van der Waals surface area contributed by atoms with Gasteiger partial charge >= 0.3 is 0 Å². The third kappa shape index (κ3) is 2.18. The number of carbonyl (C=O) groups is 1. The van der Waals surface area contributed by atoms with Gasteiger partial charge in [0.1, 0.15) is 11.9 Å². The van der Waals surface area contributed by atoms with Crippen LogP contribution in [-0.2, 0) is 4.79 Å². The molecule has 0 bridgehead atoms. The zero-order valence-corrected chi connectivity index (χ0v) is 9.74. The van der Waals surface area contributed by atoms with Crippen LogP contribution < -0.4 is 16.0 Å². The summed E-state index contributed by atoms with van der Waals surface area (Å²) in [6.07, 6.45) is 0.668.